The van der Waals surface area contributed by atoms with E-state index in [1.807, 2.05) is 40.7 Å². The minimum atomic E-state index is -3.76. The first-order chi connectivity index (χ1) is 16.4. The fourth-order valence-electron chi connectivity index (χ4n) is 3.64. The molecule has 0 aliphatic heterocycles. The lowest BCUT2D eigenvalue weighted by Gasteiger charge is -2.33. The van der Waals surface area contributed by atoms with E-state index >= 15 is 0 Å². The molecule has 0 unspecified atom stereocenters. The number of hydrogen-bond donors (Lipinski definition) is 1. The summed E-state index contributed by atoms with van der Waals surface area (Å²) in [6, 6.07) is 11.5. The van der Waals surface area contributed by atoms with Gasteiger partial charge in [0, 0.05) is 17.6 Å². The van der Waals surface area contributed by atoms with E-state index in [2.05, 4.69) is 5.32 Å². The molecular formula is C26H36ClN3O4S. The van der Waals surface area contributed by atoms with Crippen molar-refractivity contribution < 1.29 is 18.0 Å². The Hall–Kier alpha value is -2.58. The SMILES string of the molecule is CC[C@@H](C)NC(=O)[C@@H](CC)N(Cc1ccc(Cl)cc1)C(=O)CN(c1ccc(C)c(C)c1)S(C)(=O)=O. The maximum absolute atomic E-state index is 13.7. The van der Waals surface area contributed by atoms with Crippen molar-refractivity contribution >= 4 is 39.1 Å². The standard InChI is InChI=1S/C26H36ClN3O4S/c1-7-20(5)28-26(32)24(8-2)29(16-21-10-12-22(27)13-11-21)25(31)17-30(35(6,33)34)23-14-9-18(3)19(4)15-23/h9-15,20,24H,7-8,16-17H2,1-6H3,(H,28,32)/t20-,24-/m1/s1. The number of sulfonamides is 1. The third-order valence-electron chi connectivity index (χ3n) is 6.11. The predicted octanol–water partition coefficient (Wildman–Crippen LogP) is 4.44. The first-order valence-electron chi connectivity index (χ1n) is 11.8. The lowest BCUT2D eigenvalue weighted by molar-refractivity contribution is -0.140. The van der Waals surface area contributed by atoms with E-state index in [1.54, 1.807) is 36.4 Å². The Balaban J connectivity index is 2.45. The Morgan fingerprint density at radius 2 is 1.63 bits per heavy atom. The molecule has 0 spiro atoms. The lowest BCUT2D eigenvalue weighted by Crippen LogP contribution is -2.53. The lowest BCUT2D eigenvalue weighted by atomic mass is 10.1. The maximum Gasteiger partial charge on any atom is 0.244 e. The van der Waals surface area contributed by atoms with Crippen LogP contribution < -0.4 is 9.62 Å². The van der Waals surface area contributed by atoms with E-state index in [4.69, 9.17) is 11.6 Å². The Labute approximate surface area is 214 Å². The molecule has 9 heteroatoms. The van der Waals surface area contributed by atoms with Gasteiger partial charge in [-0.1, -0.05) is 43.6 Å². The van der Waals surface area contributed by atoms with Gasteiger partial charge in [0.25, 0.3) is 0 Å². The fourth-order valence-corrected chi connectivity index (χ4v) is 4.61. The van der Waals surface area contributed by atoms with E-state index in [1.165, 1.54) is 4.90 Å². The number of rotatable bonds is 11. The van der Waals surface area contributed by atoms with Gasteiger partial charge in [-0.25, -0.2) is 8.42 Å². The van der Waals surface area contributed by atoms with Gasteiger partial charge < -0.3 is 10.2 Å². The maximum atomic E-state index is 13.7. The van der Waals surface area contributed by atoms with Crippen LogP contribution in [0, 0.1) is 13.8 Å². The highest BCUT2D eigenvalue weighted by Crippen LogP contribution is 2.23. The molecule has 0 saturated heterocycles. The zero-order valence-corrected chi connectivity index (χ0v) is 22.9. The molecule has 192 valence electrons. The Bertz CT molecular complexity index is 1140. The van der Waals surface area contributed by atoms with Gasteiger partial charge >= 0.3 is 0 Å². The first-order valence-corrected chi connectivity index (χ1v) is 14.0. The highest BCUT2D eigenvalue weighted by atomic mass is 35.5. The van der Waals surface area contributed by atoms with Gasteiger partial charge in [-0.2, -0.15) is 0 Å². The number of aryl methyl sites for hydroxylation is 2. The monoisotopic (exact) mass is 521 g/mol. The van der Waals surface area contributed by atoms with Crippen LogP contribution in [-0.4, -0.2) is 50.0 Å². The van der Waals surface area contributed by atoms with Crippen molar-refractivity contribution in [2.24, 2.45) is 0 Å². The number of anilines is 1. The van der Waals surface area contributed by atoms with Gasteiger partial charge in [-0.05, 0) is 74.6 Å². The molecule has 1 N–H and O–H groups in total. The summed E-state index contributed by atoms with van der Waals surface area (Å²) >= 11 is 6.02. The van der Waals surface area contributed by atoms with Crippen LogP contribution in [0.1, 0.15) is 50.3 Å². The number of amides is 2. The summed E-state index contributed by atoms with van der Waals surface area (Å²) in [5.74, 6) is -0.726. The van der Waals surface area contributed by atoms with Crippen LogP contribution in [0.15, 0.2) is 42.5 Å². The molecule has 2 atom stereocenters. The summed E-state index contributed by atoms with van der Waals surface area (Å²) in [7, 11) is -3.76. The highest BCUT2D eigenvalue weighted by molar-refractivity contribution is 7.92. The molecule has 0 fully saturated rings. The number of carbonyl (C=O) groups is 2. The van der Waals surface area contributed by atoms with Gasteiger partial charge in [0.05, 0.1) is 11.9 Å². The average molecular weight is 522 g/mol. The Morgan fingerprint density at radius 1 is 1.00 bits per heavy atom. The predicted molar refractivity (Wildman–Crippen MR) is 142 cm³/mol. The normalized spacial score (nSPS) is 13.1. The largest absolute Gasteiger partial charge is 0.352 e. The third-order valence-corrected chi connectivity index (χ3v) is 7.50. The van der Waals surface area contributed by atoms with Crippen LogP contribution >= 0.6 is 11.6 Å². The Morgan fingerprint density at radius 3 is 2.14 bits per heavy atom. The van der Waals surface area contributed by atoms with Gasteiger partial charge in [-0.3, -0.25) is 13.9 Å². The van der Waals surface area contributed by atoms with Crippen molar-refractivity contribution in [2.45, 2.75) is 66.1 Å². The first kappa shape index (κ1) is 28.7. The zero-order chi connectivity index (χ0) is 26.3. The third kappa shape index (κ3) is 7.97. The van der Waals surface area contributed by atoms with Crippen LogP contribution in [0.25, 0.3) is 0 Å². The number of nitrogens with one attached hydrogen (secondary N) is 1. The van der Waals surface area contributed by atoms with Crippen molar-refractivity contribution in [2.75, 3.05) is 17.1 Å². The second-order valence-electron chi connectivity index (χ2n) is 8.93. The molecule has 0 aliphatic carbocycles. The van der Waals surface area contributed by atoms with Crippen LogP contribution in [0.5, 0.6) is 0 Å². The number of halogens is 1. The minimum absolute atomic E-state index is 0.0490. The van der Waals surface area contributed by atoms with Gasteiger partial charge in [0.1, 0.15) is 12.6 Å². The molecule has 2 amide bonds. The summed E-state index contributed by atoms with van der Waals surface area (Å²) in [5.41, 5.74) is 3.13. The number of hydrogen-bond acceptors (Lipinski definition) is 4. The van der Waals surface area contributed by atoms with Crippen molar-refractivity contribution in [3.8, 4) is 0 Å². The van der Waals surface area contributed by atoms with Gasteiger partial charge in [0.15, 0.2) is 0 Å². The summed E-state index contributed by atoms with van der Waals surface area (Å²) in [4.78, 5) is 28.2. The van der Waals surface area contributed by atoms with Crippen LogP contribution in [0.3, 0.4) is 0 Å². The summed E-state index contributed by atoms with van der Waals surface area (Å²) < 4.78 is 26.5. The topological polar surface area (TPSA) is 86.8 Å². The van der Waals surface area contributed by atoms with Gasteiger partial charge in [-0.15, -0.1) is 0 Å². The highest BCUT2D eigenvalue weighted by Gasteiger charge is 2.32. The number of carbonyl (C=O) groups excluding carboxylic acids is 2. The van der Waals surface area contributed by atoms with Crippen molar-refractivity contribution in [3.63, 3.8) is 0 Å². The van der Waals surface area contributed by atoms with Crippen LogP contribution in [-0.2, 0) is 26.2 Å². The quantitative estimate of drug-likeness (QED) is 0.473. The molecule has 0 bridgehead atoms. The second-order valence-corrected chi connectivity index (χ2v) is 11.3. The van der Waals surface area contributed by atoms with Crippen molar-refractivity contribution in [1.82, 2.24) is 10.2 Å². The fraction of sp³-hybridized carbons (Fsp3) is 0.462. The zero-order valence-electron chi connectivity index (χ0n) is 21.3. The average Bonchev–Trinajstić information content (AvgIpc) is 2.79. The van der Waals surface area contributed by atoms with Gasteiger partial charge in [0.2, 0.25) is 21.8 Å². The van der Waals surface area contributed by atoms with E-state index in [0.717, 1.165) is 33.7 Å². The molecule has 0 aromatic heterocycles. The molecule has 0 radical (unpaired) electrons. The van der Waals surface area contributed by atoms with Crippen molar-refractivity contribution in [3.05, 3.63) is 64.2 Å². The van der Waals surface area contributed by atoms with E-state index in [0.29, 0.717) is 17.1 Å². The smallest absolute Gasteiger partial charge is 0.244 e. The van der Waals surface area contributed by atoms with E-state index in [-0.39, 0.29) is 18.5 Å². The summed E-state index contributed by atoms with van der Waals surface area (Å²) in [6.07, 6.45) is 2.21. The van der Waals surface area contributed by atoms with Crippen LogP contribution in [0.2, 0.25) is 5.02 Å². The molecule has 0 aliphatic rings. The van der Waals surface area contributed by atoms with E-state index in [9.17, 15) is 18.0 Å². The molecule has 2 aromatic rings. The number of nitrogens with zero attached hydrogens (tertiary/aromatic N) is 2. The molecule has 0 heterocycles. The minimum Gasteiger partial charge on any atom is -0.352 e. The molecule has 7 nitrogen and oxygen atoms in total. The van der Waals surface area contributed by atoms with Crippen LogP contribution in [0.4, 0.5) is 5.69 Å². The molecule has 2 rings (SSSR count). The summed E-state index contributed by atoms with van der Waals surface area (Å²) in [5, 5.41) is 3.52. The molecule has 35 heavy (non-hydrogen) atoms. The Kier molecular flexibility index (Phi) is 10.2. The van der Waals surface area contributed by atoms with Crippen molar-refractivity contribution in [1.29, 1.82) is 0 Å². The molecule has 2 aromatic carbocycles. The molecule has 0 saturated carbocycles. The summed E-state index contributed by atoms with van der Waals surface area (Å²) in [6.45, 7) is 9.26. The molecular weight excluding hydrogens is 486 g/mol. The van der Waals surface area contributed by atoms with E-state index < -0.39 is 28.5 Å². The number of benzene rings is 2. The second kappa shape index (κ2) is 12.4.